The summed E-state index contributed by atoms with van der Waals surface area (Å²) in [6.45, 7) is 8.89. The van der Waals surface area contributed by atoms with Gasteiger partial charge in [0.05, 0.1) is 27.3 Å². The van der Waals surface area contributed by atoms with E-state index in [1.54, 1.807) is 25.6 Å². The molecule has 1 aromatic heterocycles. The molecule has 0 saturated carbocycles. The largest absolute Gasteiger partial charge is 0.493 e. The van der Waals surface area contributed by atoms with E-state index >= 15 is 0 Å². The summed E-state index contributed by atoms with van der Waals surface area (Å²) in [6, 6.07) is 10.1. The van der Waals surface area contributed by atoms with Crippen LogP contribution in [0.2, 0.25) is 0 Å². The van der Waals surface area contributed by atoms with Crippen molar-refractivity contribution in [2.45, 2.75) is 33.7 Å². The SMILES string of the molecule is COc1ccc(CCN(Cc2ccc(C)s2)C(=O)CNCC(C)C)cc1OC. The molecule has 2 aromatic rings. The lowest BCUT2D eigenvalue weighted by Gasteiger charge is -2.23. The van der Waals surface area contributed by atoms with Gasteiger partial charge in [0.15, 0.2) is 11.5 Å². The van der Waals surface area contributed by atoms with Gasteiger partial charge in [0.25, 0.3) is 0 Å². The lowest BCUT2D eigenvalue weighted by Crippen LogP contribution is -2.39. The molecular formula is C22H32N2O3S. The van der Waals surface area contributed by atoms with E-state index in [9.17, 15) is 4.79 Å². The molecule has 1 N–H and O–H groups in total. The maximum atomic E-state index is 12.8. The van der Waals surface area contributed by atoms with Crippen molar-refractivity contribution in [3.63, 3.8) is 0 Å². The van der Waals surface area contributed by atoms with Gasteiger partial charge in [-0.1, -0.05) is 19.9 Å². The van der Waals surface area contributed by atoms with E-state index in [1.165, 1.54) is 9.75 Å². The molecule has 0 saturated heterocycles. The highest BCUT2D eigenvalue weighted by Gasteiger charge is 2.15. The van der Waals surface area contributed by atoms with Crippen LogP contribution in [0.1, 0.15) is 29.2 Å². The molecule has 154 valence electrons. The highest BCUT2D eigenvalue weighted by molar-refractivity contribution is 7.11. The van der Waals surface area contributed by atoms with E-state index in [-0.39, 0.29) is 5.91 Å². The fourth-order valence-electron chi connectivity index (χ4n) is 2.93. The monoisotopic (exact) mass is 404 g/mol. The Balaban J connectivity index is 2.04. The number of nitrogens with one attached hydrogen (secondary N) is 1. The average Bonchev–Trinajstić information content (AvgIpc) is 3.09. The van der Waals surface area contributed by atoms with Gasteiger partial charge in [-0.25, -0.2) is 0 Å². The Morgan fingerprint density at radius 1 is 1.14 bits per heavy atom. The van der Waals surface area contributed by atoms with Gasteiger partial charge in [0.2, 0.25) is 5.91 Å². The van der Waals surface area contributed by atoms with Crippen molar-refractivity contribution in [3.05, 3.63) is 45.6 Å². The first-order chi connectivity index (χ1) is 13.4. The number of thiophene rings is 1. The third-order valence-electron chi connectivity index (χ3n) is 4.44. The molecule has 0 aliphatic rings. The van der Waals surface area contributed by atoms with Crippen LogP contribution >= 0.6 is 11.3 Å². The quantitative estimate of drug-likeness (QED) is 0.617. The van der Waals surface area contributed by atoms with Gasteiger partial charge < -0.3 is 19.7 Å². The second-order valence-electron chi connectivity index (χ2n) is 7.29. The van der Waals surface area contributed by atoms with Crippen molar-refractivity contribution in [2.24, 2.45) is 5.92 Å². The summed E-state index contributed by atoms with van der Waals surface area (Å²) in [5.41, 5.74) is 1.12. The van der Waals surface area contributed by atoms with E-state index in [0.717, 1.165) is 18.5 Å². The standard InChI is InChI=1S/C22H32N2O3S/c1-16(2)13-23-14-22(25)24(15-19-8-6-17(3)28-19)11-10-18-7-9-20(26-4)21(12-18)27-5/h6-9,12,16,23H,10-11,13-15H2,1-5H3. The van der Waals surface area contributed by atoms with Crippen molar-refractivity contribution in [2.75, 3.05) is 33.9 Å². The molecule has 0 unspecified atom stereocenters. The van der Waals surface area contributed by atoms with E-state index in [4.69, 9.17) is 9.47 Å². The van der Waals surface area contributed by atoms with Crippen LogP contribution in [0.5, 0.6) is 11.5 Å². The number of hydrogen-bond acceptors (Lipinski definition) is 5. The highest BCUT2D eigenvalue weighted by Crippen LogP contribution is 2.28. The van der Waals surface area contributed by atoms with Gasteiger partial charge in [0, 0.05) is 16.3 Å². The Hall–Kier alpha value is -2.05. The molecule has 6 heteroatoms. The van der Waals surface area contributed by atoms with Gasteiger partial charge in [-0.15, -0.1) is 11.3 Å². The minimum atomic E-state index is 0.132. The van der Waals surface area contributed by atoms with Crippen LogP contribution in [0.25, 0.3) is 0 Å². The summed E-state index contributed by atoms with van der Waals surface area (Å²) in [4.78, 5) is 17.2. The number of rotatable bonds is 11. The normalized spacial score (nSPS) is 10.9. The van der Waals surface area contributed by atoms with Crippen molar-refractivity contribution >= 4 is 17.2 Å². The highest BCUT2D eigenvalue weighted by atomic mass is 32.1. The molecule has 1 heterocycles. The van der Waals surface area contributed by atoms with Crippen molar-refractivity contribution in [1.82, 2.24) is 10.2 Å². The Bertz CT molecular complexity index is 758. The molecule has 0 radical (unpaired) electrons. The zero-order valence-corrected chi connectivity index (χ0v) is 18.4. The van der Waals surface area contributed by atoms with E-state index in [0.29, 0.717) is 37.1 Å². The average molecular weight is 405 g/mol. The Labute approximate surface area is 172 Å². The first-order valence-electron chi connectivity index (χ1n) is 9.67. The molecule has 0 aliphatic carbocycles. The number of carbonyl (C=O) groups is 1. The second kappa shape index (κ2) is 11.1. The van der Waals surface area contributed by atoms with E-state index < -0.39 is 0 Å². The molecule has 0 spiro atoms. The second-order valence-corrected chi connectivity index (χ2v) is 8.66. The third-order valence-corrected chi connectivity index (χ3v) is 5.43. The molecule has 0 aliphatic heterocycles. The van der Waals surface area contributed by atoms with Crippen LogP contribution in [0.3, 0.4) is 0 Å². The van der Waals surface area contributed by atoms with Crippen molar-refractivity contribution in [1.29, 1.82) is 0 Å². The van der Waals surface area contributed by atoms with Gasteiger partial charge in [-0.3, -0.25) is 4.79 Å². The Morgan fingerprint density at radius 3 is 2.50 bits per heavy atom. The maximum absolute atomic E-state index is 12.8. The number of hydrogen-bond donors (Lipinski definition) is 1. The molecule has 28 heavy (non-hydrogen) atoms. The smallest absolute Gasteiger partial charge is 0.236 e. The lowest BCUT2D eigenvalue weighted by molar-refractivity contribution is -0.130. The summed E-state index contributed by atoms with van der Waals surface area (Å²) in [5, 5.41) is 3.26. The van der Waals surface area contributed by atoms with Crippen LogP contribution in [0, 0.1) is 12.8 Å². The zero-order chi connectivity index (χ0) is 20.5. The number of benzene rings is 1. The van der Waals surface area contributed by atoms with Crippen molar-refractivity contribution < 1.29 is 14.3 Å². The van der Waals surface area contributed by atoms with E-state index in [1.807, 2.05) is 23.1 Å². The van der Waals surface area contributed by atoms with Gasteiger partial charge in [-0.05, 0) is 55.6 Å². The lowest BCUT2D eigenvalue weighted by atomic mass is 10.1. The number of nitrogens with zero attached hydrogens (tertiary/aromatic N) is 1. The van der Waals surface area contributed by atoms with E-state index in [2.05, 4.69) is 38.2 Å². The maximum Gasteiger partial charge on any atom is 0.236 e. The first kappa shape index (κ1) is 22.2. The van der Waals surface area contributed by atoms with Crippen LogP contribution in [0.15, 0.2) is 30.3 Å². The molecule has 1 amide bonds. The molecule has 5 nitrogen and oxygen atoms in total. The van der Waals surface area contributed by atoms with Crippen LogP contribution < -0.4 is 14.8 Å². The summed E-state index contributed by atoms with van der Waals surface area (Å²) in [5.74, 6) is 2.08. The Kier molecular flexibility index (Phi) is 8.80. The summed E-state index contributed by atoms with van der Waals surface area (Å²) >= 11 is 1.74. The number of methoxy groups -OCH3 is 2. The summed E-state index contributed by atoms with van der Waals surface area (Å²) < 4.78 is 10.7. The first-order valence-corrected chi connectivity index (χ1v) is 10.5. The van der Waals surface area contributed by atoms with Gasteiger partial charge in [-0.2, -0.15) is 0 Å². The molecule has 0 atom stereocenters. The molecule has 0 fully saturated rings. The van der Waals surface area contributed by atoms with Crippen LogP contribution in [-0.2, 0) is 17.8 Å². The minimum Gasteiger partial charge on any atom is -0.493 e. The fraction of sp³-hybridized carbons (Fsp3) is 0.500. The minimum absolute atomic E-state index is 0.132. The van der Waals surface area contributed by atoms with Crippen LogP contribution in [-0.4, -0.2) is 44.7 Å². The summed E-state index contributed by atoms with van der Waals surface area (Å²) in [6.07, 6.45) is 0.765. The van der Waals surface area contributed by atoms with Crippen molar-refractivity contribution in [3.8, 4) is 11.5 Å². The predicted octanol–water partition coefficient (Wildman–Crippen LogP) is 3.89. The third kappa shape index (κ3) is 6.84. The Morgan fingerprint density at radius 2 is 1.89 bits per heavy atom. The molecule has 0 bridgehead atoms. The predicted molar refractivity (Wildman–Crippen MR) is 115 cm³/mol. The number of amides is 1. The fourth-order valence-corrected chi connectivity index (χ4v) is 3.84. The number of ether oxygens (including phenoxy) is 2. The zero-order valence-electron chi connectivity index (χ0n) is 17.6. The topological polar surface area (TPSA) is 50.8 Å². The number of carbonyl (C=O) groups excluding carboxylic acids is 1. The summed E-state index contributed by atoms with van der Waals surface area (Å²) in [7, 11) is 3.27. The molecule has 2 rings (SSSR count). The van der Waals surface area contributed by atoms with Gasteiger partial charge >= 0.3 is 0 Å². The van der Waals surface area contributed by atoms with Gasteiger partial charge in [0.1, 0.15) is 0 Å². The van der Waals surface area contributed by atoms with Crippen LogP contribution in [0.4, 0.5) is 0 Å². The molecular weight excluding hydrogens is 372 g/mol. The molecule has 1 aromatic carbocycles. The number of aryl methyl sites for hydroxylation is 1.